The molecular weight excluding hydrogens is 308 g/mol. The quantitative estimate of drug-likeness (QED) is 0.685. The number of carbonyl (C=O) groups excluding carboxylic acids is 2. The summed E-state index contributed by atoms with van der Waals surface area (Å²) in [5.41, 5.74) is 0. The van der Waals surface area contributed by atoms with Crippen LogP contribution in [0.5, 0.6) is 0 Å². The van der Waals surface area contributed by atoms with Crippen molar-refractivity contribution in [1.82, 2.24) is 10.6 Å². The lowest BCUT2D eigenvalue weighted by Crippen LogP contribution is -2.31. The van der Waals surface area contributed by atoms with Gasteiger partial charge in [-0.15, -0.1) is 11.8 Å². The van der Waals surface area contributed by atoms with E-state index in [2.05, 4.69) is 10.6 Å². The number of nitrogens with one attached hydrogen (secondary N) is 2. The number of thioether (sulfide) groups is 1. The van der Waals surface area contributed by atoms with Crippen LogP contribution < -0.4 is 10.6 Å². The molecule has 21 heavy (non-hydrogen) atoms. The van der Waals surface area contributed by atoms with Gasteiger partial charge in [0.05, 0.1) is 0 Å². The fourth-order valence-electron chi connectivity index (χ4n) is 1.55. The Morgan fingerprint density at radius 2 is 1.67 bits per heavy atom. The molecule has 6 heteroatoms. The van der Waals surface area contributed by atoms with Gasteiger partial charge in [0.15, 0.2) is 0 Å². The first-order valence-corrected chi connectivity index (χ1v) is 8.40. The molecule has 0 heterocycles. The second-order valence-corrected chi connectivity index (χ2v) is 6.11. The van der Waals surface area contributed by atoms with Gasteiger partial charge in [-0.3, -0.25) is 9.59 Å². The fraction of sp³-hybridized carbons (Fsp3) is 0.467. The second kappa shape index (κ2) is 10.5. The van der Waals surface area contributed by atoms with Crippen molar-refractivity contribution in [3.8, 4) is 0 Å². The van der Waals surface area contributed by atoms with Crippen LogP contribution in [0, 0.1) is 0 Å². The summed E-state index contributed by atoms with van der Waals surface area (Å²) >= 11 is 7.41. The zero-order valence-corrected chi connectivity index (χ0v) is 13.7. The molecule has 0 unspecified atom stereocenters. The third kappa shape index (κ3) is 8.63. The monoisotopic (exact) mass is 328 g/mol. The molecule has 0 spiro atoms. The van der Waals surface area contributed by atoms with Gasteiger partial charge in [0.25, 0.3) is 0 Å². The molecule has 0 aromatic heterocycles. The molecule has 0 aliphatic rings. The zero-order valence-electron chi connectivity index (χ0n) is 12.2. The Kier molecular flexibility index (Phi) is 8.94. The minimum Gasteiger partial charge on any atom is -0.356 e. The maximum atomic E-state index is 11.6. The topological polar surface area (TPSA) is 58.2 Å². The van der Waals surface area contributed by atoms with E-state index in [1.807, 2.05) is 31.2 Å². The molecule has 1 aromatic carbocycles. The molecule has 4 nitrogen and oxygen atoms in total. The molecule has 1 rings (SSSR count). The van der Waals surface area contributed by atoms with E-state index in [1.54, 1.807) is 11.8 Å². The average molecular weight is 329 g/mol. The summed E-state index contributed by atoms with van der Waals surface area (Å²) in [5.74, 6) is 0.655. The lowest BCUT2D eigenvalue weighted by molar-refractivity contribution is -0.122. The minimum atomic E-state index is -0.0280. The number of carbonyl (C=O) groups is 2. The van der Waals surface area contributed by atoms with Crippen molar-refractivity contribution in [3.63, 3.8) is 0 Å². The summed E-state index contributed by atoms with van der Waals surface area (Å²) in [6, 6.07) is 7.53. The van der Waals surface area contributed by atoms with Gasteiger partial charge in [0, 0.05) is 41.6 Å². The summed E-state index contributed by atoms with van der Waals surface area (Å²) in [7, 11) is 0. The largest absolute Gasteiger partial charge is 0.356 e. The van der Waals surface area contributed by atoms with Gasteiger partial charge in [-0.25, -0.2) is 0 Å². The Labute approximate surface area is 135 Å². The molecule has 0 saturated heterocycles. The highest BCUT2D eigenvalue weighted by Crippen LogP contribution is 2.20. The Balaban J connectivity index is 2.08. The Morgan fingerprint density at radius 1 is 1.05 bits per heavy atom. The van der Waals surface area contributed by atoms with E-state index in [-0.39, 0.29) is 11.8 Å². The van der Waals surface area contributed by atoms with Gasteiger partial charge in [-0.05, 0) is 30.7 Å². The van der Waals surface area contributed by atoms with Crippen LogP contribution >= 0.6 is 23.4 Å². The summed E-state index contributed by atoms with van der Waals surface area (Å²) < 4.78 is 0. The first kappa shape index (κ1) is 17.9. The minimum absolute atomic E-state index is 0.0207. The van der Waals surface area contributed by atoms with Crippen LogP contribution in [-0.2, 0) is 9.59 Å². The van der Waals surface area contributed by atoms with Gasteiger partial charge < -0.3 is 10.6 Å². The number of hydrogen-bond acceptors (Lipinski definition) is 3. The average Bonchev–Trinajstić information content (AvgIpc) is 2.47. The lowest BCUT2D eigenvalue weighted by atomic mass is 10.3. The van der Waals surface area contributed by atoms with Gasteiger partial charge in [0.1, 0.15) is 0 Å². The maximum absolute atomic E-state index is 11.6. The SMILES string of the molecule is CCCNC(=O)CCNC(=O)CCSc1ccc(Cl)cc1. The van der Waals surface area contributed by atoms with E-state index in [9.17, 15) is 9.59 Å². The fourth-order valence-corrected chi connectivity index (χ4v) is 2.53. The second-order valence-electron chi connectivity index (χ2n) is 4.50. The van der Waals surface area contributed by atoms with Crippen LogP contribution in [0.2, 0.25) is 5.02 Å². The maximum Gasteiger partial charge on any atom is 0.221 e. The van der Waals surface area contributed by atoms with Crippen LogP contribution in [0.3, 0.4) is 0 Å². The molecule has 116 valence electrons. The van der Waals surface area contributed by atoms with E-state index in [0.29, 0.717) is 36.7 Å². The number of rotatable bonds is 9. The Hall–Kier alpha value is -1.20. The Morgan fingerprint density at radius 3 is 2.33 bits per heavy atom. The molecule has 0 fully saturated rings. The smallest absolute Gasteiger partial charge is 0.221 e. The van der Waals surface area contributed by atoms with Crippen LogP contribution in [-0.4, -0.2) is 30.7 Å². The van der Waals surface area contributed by atoms with Crippen molar-refractivity contribution in [2.45, 2.75) is 31.1 Å². The van der Waals surface area contributed by atoms with Crippen LogP contribution in [0.25, 0.3) is 0 Å². The van der Waals surface area contributed by atoms with Crippen molar-refractivity contribution < 1.29 is 9.59 Å². The molecule has 0 bridgehead atoms. The molecular formula is C15H21ClN2O2S. The van der Waals surface area contributed by atoms with E-state index in [4.69, 9.17) is 11.6 Å². The number of amides is 2. The zero-order chi connectivity index (χ0) is 15.5. The van der Waals surface area contributed by atoms with Gasteiger partial charge >= 0.3 is 0 Å². The summed E-state index contributed by atoms with van der Waals surface area (Å²) in [5, 5.41) is 6.23. The summed E-state index contributed by atoms with van der Waals surface area (Å²) in [4.78, 5) is 24.0. The van der Waals surface area contributed by atoms with Crippen molar-refractivity contribution in [1.29, 1.82) is 0 Å². The molecule has 0 radical (unpaired) electrons. The van der Waals surface area contributed by atoms with Crippen molar-refractivity contribution in [3.05, 3.63) is 29.3 Å². The van der Waals surface area contributed by atoms with Gasteiger partial charge in [-0.2, -0.15) is 0 Å². The van der Waals surface area contributed by atoms with E-state index >= 15 is 0 Å². The lowest BCUT2D eigenvalue weighted by Gasteiger charge is -2.06. The van der Waals surface area contributed by atoms with E-state index in [0.717, 1.165) is 11.3 Å². The molecule has 0 saturated carbocycles. The molecule has 0 atom stereocenters. The number of hydrogen-bond donors (Lipinski definition) is 2. The molecule has 0 aliphatic carbocycles. The molecule has 2 amide bonds. The van der Waals surface area contributed by atoms with Crippen LogP contribution in [0.15, 0.2) is 29.2 Å². The van der Waals surface area contributed by atoms with Crippen molar-refractivity contribution in [2.75, 3.05) is 18.8 Å². The molecule has 0 aliphatic heterocycles. The van der Waals surface area contributed by atoms with Crippen molar-refractivity contribution >= 4 is 35.2 Å². The summed E-state index contributed by atoms with van der Waals surface area (Å²) in [6.07, 6.45) is 1.68. The first-order valence-electron chi connectivity index (χ1n) is 7.03. The molecule has 2 N–H and O–H groups in total. The predicted molar refractivity (Wildman–Crippen MR) is 87.7 cm³/mol. The van der Waals surface area contributed by atoms with Crippen molar-refractivity contribution in [2.24, 2.45) is 0 Å². The first-order chi connectivity index (χ1) is 10.1. The highest BCUT2D eigenvalue weighted by Gasteiger charge is 2.04. The molecule has 1 aromatic rings. The normalized spacial score (nSPS) is 10.2. The van der Waals surface area contributed by atoms with Crippen LogP contribution in [0.4, 0.5) is 0 Å². The van der Waals surface area contributed by atoms with E-state index in [1.165, 1.54) is 0 Å². The standard InChI is InChI=1S/C15H21ClN2O2S/c1-2-9-17-14(19)7-10-18-15(20)8-11-21-13-5-3-12(16)4-6-13/h3-6H,2,7-11H2,1H3,(H,17,19)(H,18,20). The Bertz CT molecular complexity index is 451. The van der Waals surface area contributed by atoms with Gasteiger partial charge in [-0.1, -0.05) is 18.5 Å². The van der Waals surface area contributed by atoms with Gasteiger partial charge in [0.2, 0.25) is 11.8 Å². The highest BCUT2D eigenvalue weighted by molar-refractivity contribution is 7.99. The number of benzene rings is 1. The third-order valence-electron chi connectivity index (χ3n) is 2.66. The van der Waals surface area contributed by atoms with E-state index < -0.39 is 0 Å². The number of halogens is 1. The van der Waals surface area contributed by atoms with Crippen LogP contribution in [0.1, 0.15) is 26.2 Å². The third-order valence-corrected chi connectivity index (χ3v) is 3.92. The predicted octanol–water partition coefficient (Wildman–Crippen LogP) is 2.85. The highest BCUT2D eigenvalue weighted by atomic mass is 35.5. The summed E-state index contributed by atoms with van der Waals surface area (Å²) in [6.45, 7) is 3.07.